The first-order chi connectivity index (χ1) is 12.2. The minimum absolute atomic E-state index is 0.176. The molecule has 0 aromatic heterocycles. The Kier molecular flexibility index (Phi) is 5.93. The van der Waals surface area contributed by atoms with Crippen molar-refractivity contribution in [1.82, 2.24) is 4.90 Å². The second-order valence-corrected chi connectivity index (χ2v) is 6.74. The van der Waals surface area contributed by atoms with Crippen molar-refractivity contribution in [1.29, 1.82) is 5.26 Å². The van der Waals surface area contributed by atoms with Gasteiger partial charge in [0.15, 0.2) is 0 Å². The van der Waals surface area contributed by atoms with Crippen molar-refractivity contribution in [2.75, 3.05) is 19.6 Å². The first kappa shape index (κ1) is 17.8. The molecule has 0 aliphatic carbocycles. The number of likely N-dealkylation sites (tertiary alicyclic amines) is 1. The van der Waals surface area contributed by atoms with E-state index in [1.165, 1.54) is 0 Å². The van der Waals surface area contributed by atoms with E-state index in [1.807, 2.05) is 30.3 Å². The lowest BCUT2D eigenvalue weighted by Gasteiger charge is -2.23. The van der Waals surface area contributed by atoms with E-state index >= 15 is 0 Å². The van der Waals surface area contributed by atoms with Gasteiger partial charge in [-0.05, 0) is 24.1 Å². The smallest absolute Gasteiger partial charge is 0.139 e. The van der Waals surface area contributed by atoms with E-state index in [1.54, 1.807) is 18.2 Å². The number of ether oxygens (including phenoxy) is 1. The average molecular weight is 357 g/mol. The molecule has 2 atom stereocenters. The van der Waals surface area contributed by atoms with E-state index < -0.39 is 0 Å². The fraction of sp³-hybridized carbons (Fsp3) is 0.350. The van der Waals surface area contributed by atoms with E-state index in [0.717, 1.165) is 31.5 Å². The minimum atomic E-state index is -0.228. The second kappa shape index (κ2) is 8.35. The number of hydrogen-bond donors (Lipinski definition) is 1. The van der Waals surface area contributed by atoms with Crippen molar-refractivity contribution in [2.24, 2.45) is 0 Å². The van der Waals surface area contributed by atoms with Crippen LogP contribution in [0.1, 0.15) is 30.1 Å². The quantitative estimate of drug-likeness (QED) is 0.855. The monoisotopic (exact) mass is 356 g/mol. The highest BCUT2D eigenvalue weighted by atomic mass is 35.5. The number of hydrogen-bond acceptors (Lipinski definition) is 4. The number of nitrogens with zero attached hydrogens (tertiary/aromatic N) is 2. The van der Waals surface area contributed by atoms with E-state index in [0.29, 0.717) is 22.9 Å². The molecule has 0 radical (unpaired) electrons. The van der Waals surface area contributed by atoms with Gasteiger partial charge in [-0.25, -0.2) is 0 Å². The minimum Gasteiger partial charge on any atom is -0.484 e. The van der Waals surface area contributed by atoms with Crippen molar-refractivity contribution in [3.8, 4) is 11.8 Å². The molecule has 1 saturated heterocycles. The molecule has 2 aromatic rings. The van der Waals surface area contributed by atoms with Crippen LogP contribution in [0.25, 0.3) is 0 Å². The predicted molar refractivity (Wildman–Crippen MR) is 97.7 cm³/mol. The first-order valence-corrected chi connectivity index (χ1v) is 8.85. The lowest BCUT2D eigenvalue weighted by Crippen LogP contribution is -2.25. The Bertz CT molecular complexity index is 745. The van der Waals surface area contributed by atoms with Gasteiger partial charge < -0.3 is 14.7 Å². The summed E-state index contributed by atoms with van der Waals surface area (Å²) in [6.07, 6.45) is 1.19. The van der Waals surface area contributed by atoms with Crippen molar-refractivity contribution < 1.29 is 9.84 Å². The van der Waals surface area contributed by atoms with Crippen molar-refractivity contribution in [3.05, 3.63) is 64.7 Å². The maximum Gasteiger partial charge on any atom is 0.139 e. The summed E-state index contributed by atoms with van der Waals surface area (Å²) in [7, 11) is 0. The topological polar surface area (TPSA) is 56.5 Å². The summed E-state index contributed by atoms with van der Waals surface area (Å²) in [5, 5.41) is 19.6. The average Bonchev–Trinajstić information content (AvgIpc) is 3.05. The summed E-state index contributed by atoms with van der Waals surface area (Å²) < 4.78 is 6.19. The Balaban J connectivity index is 1.77. The van der Waals surface area contributed by atoms with Crippen molar-refractivity contribution >= 4 is 11.6 Å². The van der Waals surface area contributed by atoms with Gasteiger partial charge in [0.1, 0.15) is 17.9 Å². The van der Waals surface area contributed by atoms with Crippen LogP contribution in [0.5, 0.6) is 5.75 Å². The van der Waals surface area contributed by atoms with Crippen molar-refractivity contribution in [2.45, 2.75) is 25.0 Å². The highest BCUT2D eigenvalue weighted by Crippen LogP contribution is 2.30. The molecule has 0 spiro atoms. The van der Waals surface area contributed by atoms with Crippen LogP contribution < -0.4 is 4.74 Å². The van der Waals surface area contributed by atoms with Gasteiger partial charge in [0.05, 0.1) is 11.7 Å². The van der Waals surface area contributed by atoms with Crippen LogP contribution in [0, 0.1) is 11.3 Å². The van der Waals surface area contributed by atoms with Gasteiger partial charge in [-0.1, -0.05) is 41.9 Å². The zero-order valence-electron chi connectivity index (χ0n) is 13.9. The number of β-amino-alcohol motifs (C(OH)–C–C–N with tert-alkyl or cyclic N) is 1. The van der Waals surface area contributed by atoms with Gasteiger partial charge in [0.25, 0.3) is 0 Å². The van der Waals surface area contributed by atoms with Crippen LogP contribution in [-0.4, -0.2) is 35.7 Å². The largest absolute Gasteiger partial charge is 0.484 e. The summed E-state index contributed by atoms with van der Waals surface area (Å²) in [5.74, 6) is 0.505. The highest BCUT2D eigenvalue weighted by Gasteiger charge is 2.22. The van der Waals surface area contributed by atoms with Gasteiger partial charge in [-0.15, -0.1) is 0 Å². The van der Waals surface area contributed by atoms with Crippen LogP contribution in [-0.2, 0) is 0 Å². The summed E-state index contributed by atoms with van der Waals surface area (Å²) in [5.41, 5.74) is 1.54. The van der Waals surface area contributed by atoms with Gasteiger partial charge in [-0.3, -0.25) is 0 Å². The summed E-state index contributed by atoms with van der Waals surface area (Å²) in [6.45, 7) is 2.45. The van der Waals surface area contributed by atoms with Gasteiger partial charge >= 0.3 is 0 Å². The fourth-order valence-electron chi connectivity index (χ4n) is 3.12. The molecule has 0 unspecified atom stereocenters. The molecule has 130 valence electrons. The second-order valence-electron chi connectivity index (χ2n) is 6.30. The van der Waals surface area contributed by atoms with Gasteiger partial charge in [-0.2, -0.15) is 5.26 Å². The molecular formula is C20H21ClN2O2. The molecule has 2 aromatic carbocycles. The highest BCUT2D eigenvalue weighted by molar-refractivity contribution is 6.30. The molecule has 0 saturated carbocycles. The van der Waals surface area contributed by atoms with Crippen molar-refractivity contribution in [3.63, 3.8) is 0 Å². The van der Waals surface area contributed by atoms with E-state index in [-0.39, 0.29) is 12.2 Å². The van der Waals surface area contributed by atoms with Crippen LogP contribution in [0.3, 0.4) is 0 Å². The van der Waals surface area contributed by atoms with E-state index in [2.05, 4.69) is 11.0 Å². The lowest BCUT2D eigenvalue weighted by atomic mass is 10.1. The molecule has 0 bridgehead atoms. The summed E-state index contributed by atoms with van der Waals surface area (Å²) in [6, 6.07) is 17.2. The fourth-order valence-corrected chi connectivity index (χ4v) is 3.28. The zero-order chi connectivity index (χ0) is 17.6. The number of rotatable bonds is 6. The molecular weight excluding hydrogens is 336 g/mol. The Hall–Kier alpha value is -2.06. The molecule has 1 aliphatic rings. The van der Waals surface area contributed by atoms with Crippen LogP contribution in [0.4, 0.5) is 0 Å². The molecule has 0 amide bonds. The molecule has 1 heterocycles. The van der Waals surface area contributed by atoms with Gasteiger partial charge in [0.2, 0.25) is 0 Å². The number of aliphatic hydroxyl groups is 1. The molecule has 1 N–H and O–H groups in total. The molecule has 1 fully saturated rings. The third-order valence-corrected chi connectivity index (χ3v) is 4.69. The van der Waals surface area contributed by atoms with Gasteiger partial charge in [0, 0.05) is 37.1 Å². The molecule has 25 heavy (non-hydrogen) atoms. The molecule has 4 nitrogen and oxygen atoms in total. The number of benzene rings is 2. The Morgan fingerprint density at radius 3 is 2.76 bits per heavy atom. The van der Waals surface area contributed by atoms with E-state index in [9.17, 15) is 10.4 Å². The molecule has 3 rings (SSSR count). The first-order valence-electron chi connectivity index (χ1n) is 8.47. The zero-order valence-corrected chi connectivity index (χ0v) is 14.7. The maximum absolute atomic E-state index is 9.69. The number of nitriles is 1. The maximum atomic E-state index is 9.69. The lowest BCUT2D eigenvalue weighted by molar-refractivity contribution is 0.153. The third kappa shape index (κ3) is 4.73. The standard InChI is InChI=1S/C20H21ClN2O2/c21-17-7-6-16(13-22)20(12-17)25-19(15-4-2-1-3-5-15)9-11-23-10-8-18(24)14-23/h1-7,12,18-19,24H,8-11,14H2/t18-,19+/m0/s1. The third-order valence-electron chi connectivity index (χ3n) is 4.46. The Labute approximate surface area is 153 Å². The van der Waals surface area contributed by atoms with E-state index in [4.69, 9.17) is 16.3 Å². The number of halogens is 1. The SMILES string of the molecule is N#Cc1ccc(Cl)cc1O[C@H](CCN1CC[C@H](O)C1)c1ccccc1. The normalized spacial score (nSPS) is 18.7. The molecule has 1 aliphatic heterocycles. The van der Waals surface area contributed by atoms with Crippen LogP contribution in [0.2, 0.25) is 5.02 Å². The number of aliphatic hydroxyl groups excluding tert-OH is 1. The summed E-state index contributed by atoms with van der Waals surface area (Å²) in [4.78, 5) is 2.24. The summed E-state index contributed by atoms with van der Waals surface area (Å²) >= 11 is 6.07. The predicted octanol–water partition coefficient (Wildman–Crippen LogP) is 3.79. The Morgan fingerprint density at radius 1 is 1.28 bits per heavy atom. The Morgan fingerprint density at radius 2 is 2.08 bits per heavy atom. The van der Waals surface area contributed by atoms with Crippen LogP contribution >= 0.6 is 11.6 Å². The molecule has 5 heteroatoms. The van der Waals surface area contributed by atoms with Crippen LogP contribution in [0.15, 0.2) is 48.5 Å².